The van der Waals surface area contributed by atoms with E-state index in [1.807, 2.05) is 4.90 Å². The standard InChI is InChI=1S/C19H25NO2/c1-12(14-6-7-14)16-4-3-5-17(13(2)15-8-9-15)18(16)20-10-11-22-19(20)21/h3-5,12-15H,6-11H2,1-2H3. The minimum atomic E-state index is -0.167. The highest BCUT2D eigenvalue weighted by atomic mass is 16.6. The molecule has 0 N–H and O–H groups in total. The van der Waals surface area contributed by atoms with Crippen molar-refractivity contribution in [3.05, 3.63) is 29.3 Å². The van der Waals surface area contributed by atoms with Gasteiger partial charge in [-0.2, -0.15) is 0 Å². The molecule has 0 radical (unpaired) electrons. The summed E-state index contributed by atoms with van der Waals surface area (Å²) in [5.41, 5.74) is 3.88. The quantitative estimate of drug-likeness (QED) is 0.790. The van der Waals surface area contributed by atoms with Crippen LogP contribution in [0.2, 0.25) is 0 Å². The smallest absolute Gasteiger partial charge is 0.414 e. The fourth-order valence-electron chi connectivity index (χ4n) is 3.92. The average molecular weight is 299 g/mol. The van der Waals surface area contributed by atoms with Crippen LogP contribution in [0.3, 0.4) is 0 Å². The van der Waals surface area contributed by atoms with Crippen molar-refractivity contribution in [2.75, 3.05) is 18.1 Å². The van der Waals surface area contributed by atoms with E-state index in [4.69, 9.17) is 4.74 Å². The van der Waals surface area contributed by atoms with Gasteiger partial charge in [-0.3, -0.25) is 4.90 Å². The zero-order chi connectivity index (χ0) is 15.3. The van der Waals surface area contributed by atoms with Gasteiger partial charge >= 0.3 is 6.09 Å². The normalized spacial score (nSPS) is 24.3. The Kier molecular flexibility index (Phi) is 3.39. The Morgan fingerprint density at radius 2 is 1.59 bits per heavy atom. The molecular weight excluding hydrogens is 274 g/mol. The lowest BCUT2D eigenvalue weighted by molar-refractivity contribution is 0.181. The summed E-state index contributed by atoms with van der Waals surface area (Å²) in [6.07, 6.45) is 5.14. The van der Waals surface area contributed by atoms with E-state index in [2.05, 4.69) is 32.0 Å². The number of cyclic esters (lactones) is 1. The van der Waals surface area contributed by atoms with Crippen LogP contribution < -0.4 is 4.90 Å². The SMILES string of the molecule is CC(c1cccc(C(C)C2CC2)c1N1CCOC1=O)C1CC1. The summed E-state index contributed by atoms with van der Waals surface area (Å²) in [4.78, 5) is 14.1. The van der Waals surface area contributed by atoms with Crippen LogP contribution in [0.15, 0.2) is 18.2 Å². The van der Waals surface area contributed by atoms with Gasteiger partial charge in [0.2, 0.25) is 0 Å². The van der Waals surface area contributed by atoms with Crippen LogP contribution in [0.4, 0.5) is 10.5 Å². The fraction of sp³-hybridized carbons (Fsp3) is 0.632. The lowest BCUT2D eigenvalue weighted by Gasteiger charge is -2.27. The fourth-order valence-corrected chi connectivity index (χ4v) is 3.92. The highest BCUT2D eigenvalue weighted by molar-refractivity contribution is 5.91. The number of nitrogens with zero attached hydrogens (tertiary/aromatic N) is 1. The van der Waals surface area contributed by atoms with E-state index in [0.29, 0.717) is 25.0 Å². The van der Waals surface area contributed by atoms with Crippen molar-refractivity contribution in [1.82, 2.24) is 0 Å². The minimum Gasteiger partial charge on any atom is -0.447 e. The lowest BCUT2D eigenvalue weighted by Crippen LogP contribution is -2.27. The third-order valence-electron chi connectivity index (χ3n) is 5.77. The highest BCUT2D eigenvalue weighted by Crippen LogP contribution is 2.50. The van der Waals surface area contributed by atoms with Crippen LogP contribution in [-0.2, 0) is 4.74 Å². The molecule has 1 heterocycles. The molecule has 3 fully saturated rings. The molecule has 0 spiro atoms. The largest absolute Gasteiger partial charge is 0.447 e. The Hall–Kier alpha value is -1.51. The number of hydrogen-bond acceptors (Lipinski definition) is 2. The first kappa shape index (κ1) is 14.1. The number of amides is 1. The second kappa shape index (κ2) is 5.29. The molecule has 3 nitrogen and oxygen atoms in total. The van der Waals surface area contributed by atoms with Gasteiger partial charge in [-0.05, 0) is 60.5 Å². The van der Waals surface area contributed by atoms with Gasteiger partial charge in [0.15, 0.2) is 0 Å². The summed E-state index contributed by atoms with van der Waals surface area (Å²) in [6.45, 7) is 5.85. The summed E-state index contributed by atoms with van der Waals surface area (Å²) in [6, 6.07) is 6.65. The number of anilines is 1. The summed E-state index contributed by atoms with van der Waals surface area (Å²) >= 11 is 0. The Balaban J connectivity index is 1.79. The van der Waals surface area contributed by atoms with E-state index < -0.39 is 0 Å². The first-order valence-electron chi connectivity index (χ1n) is 8.74. The molecule has 1 aromatic rings. The summed E-state index contributed by atoms with van der Waals surface area (Å²) in [5.74, 6) is 2.66. The molecule has 118 valence electrons. The summed E-state index contributed by atoms with van der Waals surface area (Å²) < 4.78 is 5.23. The van der Waals surface area contributed by atoms with E-state index in [1.54, 1.807) is 0 Å². The Morgan fingerprint density at radius 3 is 2.00 bits per heavy atom. The molecule has 0 bridgehead atoms. The van der Waals surface area contributed by atoms with E-state index in [0.717, 1.165) is 11.8 Å². The molecule has 1 aromatic carbocycles. The van der Waals surface area contributed by atoms with Gasteiger partial charge in [0.25, 0.3) is 0 Å². The lowest BCUT2D eigenvalue weighted by atomic mass is 9.86. The van der Waals surface area contributed by atoms with Crippen LogP contribution in [0, 0.1) is 11.8 Å². The van der Waals surface area contributed by atoms with Gasteiger partial charge in [-0.25, -0.2) is 4.79 Å². The molecule has 0 aromatic heterocycles. The van der Waals surface area contributed by atoms with Crippen molar-refractivity contribution in [1.29, 1.82) is 0 Å². The van der Waals surface area contributed by atoms with Gasteiger partial charge in [0, 0.05) is 0 Å². The maximum absolute atomic E-state index is 12.2. The van der Waals surface area contributed by atoms with E-state index in [1.165, 1.54) is 42.5 Å². The highest BCUT2D eigenvalue weighted by Gasteiger charge is 2.37. The van der Waals surface area contributed by atoms with E-state index in [-0.39, 0.29) is 6.09 Å². The molecule has 1 aliphatic heterocycles. The minimum absolute atomic E-state index is 0.167. The first-order chi connectivity index (χ1) is 10.7. The molecule has 3 aliphatic rings. The molecule has 2 saturated carbocycles. The van der Waals surface area contributed by atoms with Gasteiger partial charge in [-0.1, -0.05) is 32.0 Å². The zero-order valence-corrected chi connectivity index (χ0v) is 13.5. The number of para-hydroxylation sites is 1. The maximum atomic E-state index is 12.2. The molecule has 2 atom stereocenters. The molecule has 2 aliphatic carbocycles. The zero-order valence-electron chi connectivity index (χ0n) is 13.5. The molecule has 3 heteroatoms. The molecular formula is C19H25NO2. The molecule has 22 heavy (non-hydrogen) atoms. The van der Waals surface area contributed by atoms with Crippen molar-refractivity contribution in [3.63, 3.8) is 0 Å². The maximum Gasteiger partial charge on any atom is 0.414 e. The van der Waals surface area contributed by atoms with Crippen LogP contribution in [0.1, 0.15) is 62.5 Å². The molecule has 1 amide bonds. The predicted molar refractivity (Wildman–Crippen MR) is 87.4 cm³/mol. The van der Waals surface area contributed by atoms with Crippen molar-refractivity contribution in [3.8, 4) is 0 Å². The monoisotopic (exact) mass is 299 g/mol. The Labute approximate surface area is 132 Å². The molecule has 1 saturated heterocycles. The van der Waals surface area contributed by atoms with Crippen molar-refractivity contribution in [2.24, 2.45) is 11.8 Å². The average Bonchev–Trinajstić information content (AvgIpc) is 3.43. The van der Waals surface area contributed by atoms with E-state index >= 15 is 0 Å². The summed E-state index contributed by atoms with van der Waals surface area (Å²) in [7, 11) is 0. The third-order valence-corrected chi connectivity index (χ3v) is 5.77. The van der Waals surface area contributed by atoms with Crippen LogP contribution in [-0.4, -0.2) is 19.2 Å². The van der Waals surface area contributed by atoms with Crippen molar-refractivity contribution in [2.45, 2.75) is 51.4 Å². The summed E-state index contributed by atoms with van der Waals surface area (Å²) in [5, 5.41) is 0. The second-order valence-corrected chi connectivity index (χ2v) is 7.30. The number of carbonyl (C=O) groups is 1. The van der Waals surface area contributed by atoms with Crippen molar-refractivity contribution >= 4 is 11.8 Å². The van der Waals surface area contributed by atoms with Crippen molar-refractivity contribution < 1.29 is 9.53 Å². The Bertz CT molecular complexity index is 553. The van der Waals surface area contributed by atoms with Crippen LogP contribution in [0.25, 0.3) is 0 Å². The molecule has 4 rings (SSSR count). The third kappa shape index (κ3) is 2.41. The van der Waals surface area contributed by atoms with E-state index in [9.17, 15) is 4.79 Å². The second-order valence-electron chi connectivity index (χ2n) is 7.30. The topological polar surface area (TPSA) is 29.5 Å². The number of ether oxygens (including phenoxy) is 1. The molecule has 2 unspecified atom stereocenters. The van der Waals surface area contributed by atoms with Gasteiger partial charge in [0.05, 0.1) is 12.2 Å². The van der Waals surface area contributed by atoms with Gasteiger partial charge in [-0.15, -0.1) is 0 Å². The van der Waals surface area contributed by atoms with Gasteiger partial charge in [0.1, 0.15) is 6.61 Å². The number of carbonyl (C=O) groups excluding carboxylic acids is 1. The number of hydrogen-bond donors (Lipinski definition) is 0. The van der Waals surface area contributed by atoms with Gasteiger partial charge < -0.3 is 4.74 Å². The number of benzene rings is 1. The first-order valence-corrected chi connectivity index (χ1v) is 8.74. The predicted octanol–water partition coefficient (Wildman–Crippen LogP) is 4.67. The number of rotatable bonds is 5. The Morgan fingerprint density at radius 1 is 1.05 bits per heavy atom. The van der Waals surface area contributed by atoms with Crippen LogP contribution in [0.5, 0.6) is 0 Å². The van der Waals surface area contributed by atoms with Crippen LogP contribution >= 0.6 is 0 Å².